The molecule has 0 saturated heterocycles. The fraction of sp³-hybridized carbons (Fsp3) is 0.240. The lowest BCUT2D eigenvalue weighted by Gasteiger charge is -2.23. The molecule has 0 radical (unpaired) electrons. The fourth-order valence-electron chi connectivity index (χ4n) is 3.19. The summed E-state index contributed by atoms with van der Waals surface area (Å²) in [5.41, 5.74) is 1.36. The van der Waals surface area contributed by atoms with E-state index in [4.69, 9.17) is 9.47 Å². The number of ether oxygens (including phenoxy) is 2. The van der Waals surface area contributed by atoms with Gasteiger partial charge in [0.2, 0.25) is 0 Å². The van der Waals surface area contributed by atoms with Crippen molar-refractivity contribution < 1.29 is 22.7 Å². The van der Waals surface area contributed by atoms with Gasteiger partial charge in [-0.25, -0.2) is 8.42 Å². The van der Waals surface area contributed by atoms with Crippen molar-refractivity contribution in [2.24, 2.45) is 0 Å². The number of hydrogen-bond donors (Lipinski definition) is 0. The predicted octanol–water partition coefficient (Wildman–Crippen LogP) is 4.84. The number of benzene rings is 3. The van der Waals surface area contributed by atoms with Crippen molar-refractivity contribution in [2.75, 3.05) is 18.0 Å². The molecular weight excluding hydrogens is 426 g/mol. The van der Waals surface area contributed by atoms with E-state index in [1.165, 1.54) is 19.2 Å². The maximum Gasteiger partial charge on any atom is 0.278 e. The van der Waals surface area contributed by atoms with Crippen molar-refractivity contribution in [1.82, 2.24) is 0 Å². The van der Waals surface area contributed by atoms with E-state index in [9.17, 15) is 13.2 Å². The summed E-state index contributed by atoms with van der Waals surface area (Å²) in [6, 6.07) is 21.7. The van der Waals surface area contributed by atoms with Crippen LogP contribution >= 0.6 is 0 Å². The van der Waals surface area contributed by atoms with Crippen LogP contribution in [0.3, 0.4) is 0 Å². The first-order chi connectivity index (χ1) is 15.5. The molecule has 32 heavy (non-hydrogen) atoms. The molecule has 0 atom stereocenters. The third kappa shape index (κ3) is 5.68. The molecular formula is C25H27NO5S. The molecule has 0 aliphatic rings. The average Bonchev–Trinajstić information content (AvgIpc) is 2.83. The number of rotatable bonds is 10. The summed E-state index contributed by atoms with van der Waals surface area (Å²) < 4.78 is 38.3. The minimum Gasteiger partial charge on any atom is -0.497 e. The van der Waals surface area contributed by atoms with E-state index in [-0.39, 0.29) is 10.6 Å². The molecule has 7 heteroatoms. The molecule has 0 aliphatic carbocycles. The minimum atomic E-state index is -4.12. The monoisotopic (exact) mass is 453 g/mol. The van der Waals surface area contributed by atoms with E-state index in [1.54, 1.807) is 54.6 Å². The highest BCUT2D eigenvalue weighted by molar-refractivity contribution is 7.93. The molecule has 3 aromatic rings. The van der Waals surface area contributed by atoms with E-state index in [2.05, 4.69) is 6.92 Å². The lowest BCUT2D eigenvalue weighted by Crippen LogP contribution is -2.40. The Morgan fingerprint density at radius 1 is 0.906 bits per heavy atom. The molecule has 0 saturated carbocycles. The number of aryl methyl sites for hydroxylation is 1. The van der Waals surface area contributed by atoms with Gasteiger partial charge in [0, 0.05) is 6.07 Å². The molecule has 0 fully saturated rings. The van der Waals surface area contributed by atoms with E-state index >= 15 is 0 Å². The van der Waals surface area contributed by atoms with Crippen LogP contribution in [0.1, 0.15) is 25.3 Å². The largest absolute Gasteiger partial charge is 0.497 e. The summed E-state index contributed by atoms with van der Waals surface area (Å²) in [7, 11) is -2.59. The first kappa shape index (κ1) is 23.3. The highest BCUT2D eigenvalue weighted by Crippen LogP contribution is 2.26. The predicted molar refractivity (Wildman–Crippen MR) is 125 cm³/mol. The zero-order valence-corrected chi connectivity index (χ0v) is 19.0. The summed E-state index contributed by atoms with van der Waals surface area (Å²) in [5.74, 6) is 0.286. The number of nitrogens with zero attached hydrogens (tertiary/aromatic N) is 1. The average molecular weight is 454 g/mol. The lowest BCUT2D eigenvalue weighted by atomic mass is 10.1. The van der Waals surface area contributed by atoms with Crippen molar-refractivity contribution in [3.8, 4) is 11.5 Å². The number of unbranched alkanes of at least 4 members (excludes halogenated alkanes) is 1. The first-order valence-electron chi connectivity index (χ1n) is 10.4. The van der Waals surface area contributed by atoms with Crippen molar-refractivity contribution >= 4 is 21.6 Å². The van der Waals surface area contributed by atoms with Crippen LogP contribution in [0.15, 0.2) is 83.8 Å². The number of anilines is 1. The van der Waals surface area contributed by atoms with Crippen LogP contribution in [0.2, 0.25) is 0 Å². The molecule has 0 bridgehead atoms. The molecule has 1 amide bonds. The third-order valence-electron chi connectivity index (χ3n) is 4.90. The van der Waals surface area contributed by atoms with Gasteiger partial charge >= 0.3 is 0 Å². The fourth-order valence-corrected chi connectivity index (χ4v) is 4.62. The highest BCUT2D eigenvalue weighted by atomic mass is 32.2. The van der Waals surface area contributed by atoms with Crippen molar-refractivity contribution in [3.05, 3.63) is 84.4 Å². The second-order valence-corrected chi connectivity index (χ2v) is 9.00. The Morgan fingerprint density at radius 2 is 1.59 bits per heavy atom. The Morgan fingerprint density at radius 3 is 2.25 bits per heavy atom. The van der Waals surface area contributed by atoms with Gasteiger partial charge in [0.05, 0.1) is 17.7 Å². The van der Waals surface area contributed by atoms with Crippen LogP contribution in [-0.2, 0) is 21.2 Å². The van der Waals surface area contributed by atoms with Crippen LogP contribution in [0.4, 0.5) is 5.69 Å². The number of methoxy groups -OCH3 is 1. The van der Waals surface area contributed by atoms with E-state index in [0.29, 0.717) is 11.5 Å². The number of hydrogen-bond acceptors (Lipinski definition) is 5. The van der Waals surface area contributed by atoms with Gasteiger partial charge in [-0.05, 0) is 54.8 Å². The molecule has 3 rings (SSSR count). The van der Waals surface area contributed by atoms with Gasteiger partial charge in [0.15, 0.2) is 6.61 Å². The molecule has 3 aromatic carbocycles. The van der Waals surface area contributed by atoms with E-state index in [1.807, 2.05) is 12.1 Å². The van der Waals surface area contributed by atoms with Gasteiger partial charge in [-0.15, -0.1) is 0 Å². The topological polar surface area (TPSA) is 72.9 Å². The molecule has 168 valence electrons. The van der Waals surface area contributed by atoms with E-state index < -0.39 is 22.5 Å². The second-order valence-electron chi connectivity index (χ2n) is 7.21. The molecule has 0 aromatic heterocycles. The third-order valence-corrected chi connectivity index (χ3v) is 6.66. The molecule has 6 nitrogen and oxygen atoms in total. The number of sulfonamides is 1. The van der Waals surface area contributed by atoms with Gasteiger partial charge < -0.3 is 9.47 Å². The van der Waals surface area contributed by atoms with Gasteiger partial charge in [0.25, 0.3) is 15.9 Å². The smallest absolute Gasteiger partial charge is 0.278 e. The normalized spacial score (nSPS) is 11.1. The Labute approximate surface area is 189 Å². The zero-order chi connectivity index (χ0) is 23.0. The van der Waals surface area contributed by atoms with Gasteiger partial charge in [-0.3, -0.25) is 4.79 Å². The minimum absolute atomic E-state index is 0.0322. The van der Waals surface area contributed by atoms with Crippen molar-refractivity contribution in [3.63, 3.8) is 0 Å². The van der Waals surface area contributed by atoms with Gasteiger partial charge in [-0.1, -0.05) is 49.7 Å². The molecule has 0 spiro atoms. The first-order valence-corrected chi connectivity index (χ1v) is 11.9. The standard InChI is InChI=1S/C25H27NO5S/c1-3-4-9-20-14-16-21(17-15-20)26(32(28,29)24-12-6-5-7-13-24)25(27)19-31-23-11-8-10-22(18-23)30-2/h5-8,10-18H,3-4,9,19H2,1-2H3. The van der Waals surface area contributed by atoms with Gasteiger partial charge in [0.1, 0.15) is 11.5 Å². The Hall–Kier alpha value is -3.32. The number of carbonyl (C=O) groups is 1. The Bertz CT molecular complexity index is 1130. The van der Waals surface area contributed by atoms with Crippen molar-refractivity contribution in [1.29, 1.82) is 0 Å². The molecule has 0 unspecified atom stereocenters. The number of carbonyl (C=O) groups excluding carboxylic acids is 1. The summed E-state index contributed by atoms with van der Waals surface area (Å²) in [4.78, 5) is 13.2. The summed E-state index contributed by atoms with van der Waals surface area (Å²) in [5, 5.41) is 0. The Kier molecular flexibility index (Phi) is 7.89. The quantitative estimate of drug-likeness (QED) is 0.439. The highest BCUT2D eigenvalue weighted by Gasteiger charge is 2.31. The van der Waals surface area contributed by atoms with Crippen LogP contribution in [0, 0.1) is 0 Å². The van der Waals surface area contributed by atoms with E-state index in [0.717, 1.165) is 29.1 Å². The summed E-state index contributed by atoms with van der Waals surface area (Å²) in [6.07, 6.45) is 3.00. The van der Waals surface area contributed by atoms with Crippen LogP contribution in [0.25, 0.3) is 0 Å². The number of amides is 1. The van der Waals surface area contributed by atoms with Crippen molar-refractivity contribution in [2.45, 2.75) is 31.1 Å². The summed E-state index contributed by atoms with van der Waals surface area (Å²) in [6.45, 7) is 1.67. The van der Waals surface area contributed by atoms with Crippen LogP contribution in [0.5, 0.6) is 11.5 Å². The van der Waals surface area contributed by atoms with Crippen LogP contribution < -0.4 is 13.8 Å². The maximum atomic E-state index is 13.4. The Balaban J connectivity index is 1.90. The zero-order valence-electron chi connectivity index (χ0n) is 18.2. The molecule has 0 aliphatic heterocycles. The van der Waals surface area contributed by atoms with Crippen LogP contribution in [-0.4, -0.2) is 28.0 Å². The lowest BCUT2D eigenvalue weighted by molar-refractivity contribution is -0.119. The molecule has 0 heterocycles. The second kappa shape index (κ2) is 10.8. The maximum absolute atomic E-state index is 13.4. The molecule has 0 N–H and O–H groups in total. The summed E-state index contributed by atoms with van der Waals surface area (Å²) >= 11 is 0. The van der Waals surface area contributed by atoms with Gasteiger partial charge in [-0.2, -0.15) is 4.31 Å². The SMILES string of the molecule is CCCCc1ccc(N(C(=O)COc2cccc(OC)c2)S(=O)(=O)c2ccccc2)cc1.